The van der Waals surface area contributed by atoms with E-state index in [1.54, 1.807) is 13.8 Å². The number of carbonyl (C=O) groups excluding carboxylic acids is 1. The second-order valence-corrected chi connectivity index (χ2v) is 9.79. The van der Waals surface area contributed by atoms with Crippen LogP contribution >= 0.6 is 0 Å². The predicted octanol–water partition coefficient (Wildman–Crippen LogP) is 3.48. The van der Waals surface area contributed by atoms with Crippen LogP contribution in [0.2, 0.25) is 0 Å². The molecule has 0 aromatic heterocycles. The van der Waals surface area contributed by atoms with Crippen molar-refractivity contribution >= 4 is 21.7 Å². The molecule has 28 heavy (non-hydrogen) atoms. The number of hydrogen-bond acceptors (Lipinski definition) is 5. The van der Waals surface area contributed by atoms with Gasteiger partial charge in [-0.1, -0.05) is 19.1 Å². The van der Waals surface area contributed by atoms with Crippen LogP contribution in [0, 0.1) is 5.92 Å². The molecule has 0 bridgehead atoms. The SMILES string of the molecule is CCOC(=O)Cc1cccc(NCC2CCC(NS(=O)(=O)C(C)CC)CC2)c1. The Labute approximate surface area is 169 Å². The number of benzene rings is 1. The first-order valence-corrected chi connectivity index (χ1v) is 11.9. The summed E-state index contributed by atoms with van der Waals surface area (Å²) < 4.78 is 32.3. The number of rotatable bonds is 10. The van der Waals surface area contributed by atoms with E-state index in [0.29, 0.717) is 18.9 Å². The van der Waals surface area contributed by atoms with Gasteiger partial charge in [-0.3, -0.25) is 4.79 Å². The van der Waals surface area contributed by atoms with E-state index in [-0.39, 0.29) is 23.7 Å². The van der Waals surface area contributed by atoms with Gasteiger partial charge in [0.05, 0.1) is 18.3 Å². The lowest BCUT2D eigenvalue weighted by Gasteiger charge is -2.30. The Balaban J connectivity index is 1.77. The molecule has 2 N–H and O–H groups in total. The molecule has 0 amide bonds. The summed E-state index contributed by atoms with van der Waals surface area (Å²) in [5.74, 6) is 0.316. The lowest BCUT2D eigenvalue weighted by atomic mass is 9.86. The zero-order chi connectivity index (χ0) is 20.6. The molecule has 0 aliphatic heterocycles. The first-order chi connectivity index (χ1) is 13.3. The number of esters is 1. The quantitative estimate of drug-likeness (QED) is 0.577. The van der Waals surface area contributed by atoms with Crippen LogP contribution in [0.25, 0.3) is 0 Å². The number of anilines is 1. The molecule has 0 saturated heterocycles. The first kappa shape index (κ1) is 22.7. The molecule has 1 atom stereocenters. The summed E-state index contributed by atoms with van der Waals surface area (Å²) in [6, 6.07) is 7.92. The van der Waals surface area contributed by atoms with E-state index < -0.39 is 10.0 Å². The normalized spacial score (nSPS) is 21.1. The largest absolute Gasteiger partial charge is 0.466 e. The van der Waals surface area contributed by atoms with Gasteiger partial charge in [-0.15, -0.1) is 0 Å². The number of sulfonamides is 1. The van der Waals surface area contributed by atoms with Crippen LogP contribution in [0.1, 0.15) is 58.4 Å². The van der Waals surface area contributed by atoms with Gasteiger partial charge in [0.2, 0.25) is 10.0 Å². The summed E-state index contributed by atoms with van der Waals surface area (Å²) in [7, 11) is -3.21. The number of hydrogen-bond donors (Lipinski definition) is 2. The van der Waals surface area contributed by atoms with Crippen LogP contribution < -0.4 is 10.0 Å². The fraction of sp³-hybridized carbons (Fsp3) is 0.667. The Kier molecular flexibility index (Phi) is 8.76. The molecule has 6 nitrogen and oxygen atoms in total. The van der Waals surface area contributed by atoms with Gasteiger partial charge in [0, 0.05) is 18.3 Å². The molecule has 1 aromatic carbocycles. The maximum atomic E-state index is 12.2. The Morgan fingerprint density at radius 1 is 1.21 bits per heavy atom. The van der Waals surface area contributed by atoms with Crippen LogP contribution in [-0.4, -0.2) is 38.8 Å². The van der Waals surface area contributed by atoms with E-state index in [0.717, 1.165) is 43.5 Å². The fourth-order valence-electron chi connectivity index (χ4n) is 3.48. The van der Waals surface area contributed by atoms with E-state index in [9.17, 15) is 13.2 Å². The highest BCUT2D eigenvalue weighted by molar-refractivity contribution is 7.90. The fourth-order valence-corrected chi connectivity index (χ4v) is 4.86. The van der Waals surface area contributed by atoms with Gasteiger partial charge < -0.3 is 10.1 Å². The molecule has 1 fully saturated rings. The molecular formula is C21H34N2O4S. The Morgan fingerprint density at radius 3 is 2.57 bits per heavy atom. The van der Waals surface area contributed by atoms with E-state index in [1.165, 1.54) is 0 Å². The van der Waals surface area contributed by atoms with Crippen molar-refractivity contribution in [2.75, 3.05) is 18.5 Å². The minimum atomic E-state index is -3.21. The van der Waals surface area contributed by atoms with E-state index >= 15 is 0 Å². The Hall–Kier alpha value is -1.60. The van der Waals surface area contributed by atoms with E-state index in [2.05, 4.69) is 10.0 Å². The highest BCUT2D eigenvalue weighted by Gasteiger charge is 2.27. The van der Waals surface area contributed by atoms with Crippen molar-refractivity contribution in [1.29, 1.82) is 0 Å². The molecule has 1 aromatic rings. The molecule has 1 aliphatic carbocycles. The van der Waals surface area contributed by atoms with Crippen LogP contribution in [0.5, 0.6) is 0 Å². The Morgan fingerprint density at radius 2 is 1.93 bits per heavy atom. The van der Waals surface area contributed by atoms with Gasteiger partial charge >= 0.3 is 5.97 Å². The monoisotopic (exact) mass is 410 g/mol. The molecule has 1 unspecified atom stereocenters. The van der Waals surface area contributed by atoms with Crippen LogP contribution in [0.3, 0.4) is 0 Å². The van der Waals surface area contributed by atoms with Gasteiger partial charge in [-0.2, -0.15) is 0 Å². The smallest absolute Gasteiger partial charge is 0.310 e. The van der Waals surface area contributed by atoms with Crippen LogP contribution in [0.15, 0.2) is 24.3 Å². The average molecular weight is 411 g/mol. The van der Waals surface area contributed by atoms with Crippen molar-refractivity contribution < 1.29 is 17.9 Å². The maximum Gasteiger partial charge on any atom is 0.310 e. The molecule has 7 heteroatoms. The van der Waals surface area contributed by atoms with Crippen LogP contribution in [-0.2, 0) is 26.0 Å². The summed E-state index contributed by atoms with van der Waals surface area (Å²) in [4.78, 5) is 11.6. The molecule has 1 saturated carbocycles. The maximum absolute atomic E-state index is 12.2. The van der Waals surface area contributed by atoms with Gasteiger partial charge in [0.1, 0.15) is 0 Å². The second kappa shape index (κ2) is 10.8. The minimum Gasteiger partial charge on any atom is -0.466 e. The van der Waals surface area contributed by atoms with Gasteiger partial charge in [-0.25, -0.2) is 13.1 Å². The first-order valence-electron chi connectivity index (χ1n) is 10.3. The summed E-state index contributed by atoms with van der Waals surface area (Å²) in [5.41, 5.74) is 1.94. The third-order valence-corrected chi connectivity index (χ3v) is 7.51. The zero-order valence-electron chi connectivity index (χ0n) is 17.2. The lowest BCUT2D eigenvalue weighted by molar-refractivity contribution is -0.142. The van der Waals surface area contributed by atoms with Crippen molar-refractivity contribution in [2.45, 2.75) is 70.6 Å². The predicted molar refractivity (Wildman–Crippen MR) is 113 cm³/mol. The summed E-state index contributed by atoms with van der Waals surface area (Å²) in [6.45, 7) is 6.71. The van der Waals surface area contributed by atoms with Crippen LogP contribution in [0.4, 0.5) is 5.69 Å². The van der Waals surface area contributed by atoms with Crippen molar-refractivity contribution in [2.24, 2.45) is 5.92 Å². The van der Waals surface area contributed by atoms with Crippen molar-refractivity contribution in [1.82, 2.24) is 4.72 Å². The molecule has 2 rings (SSSR count). The van der Waals surface area contributed by atoms with Gasteiger partial charge in [0.25, 0.3) is 0 Å². The third kappa shape index (κ3) is 7.09. The number of carbonyl (C=O) groups is 1. The molecular weight excluding hydrogens is 376 g/mol. The molecule has 158 valence electrons. The van der Waals surface area contributed by atoms with Crippen molar-refractivity contribution in [3.63, 3.8) is 0 Å². The minimum absolute atomic E-state index is 0.0585. The highest BCUT2D eigenvalue weighted by Crippen LogP contribution is 2.26. The second-order valence-electron chi connectivity index (χ2n) is 7.66. The summed E-state index contributed by atoms with van der Waals surface area (Å²) >= 11 is 0. The lowest BCUT2D eigenvalue weighted by Crippen LogP contribution is -2.42. The molecule has 1 aliphatic rings. The number of nitrogens with one attached hydrogen (secondary N) is 2. The third-order valence-electron chi connectivity index (χ3n) is 5.46. The average Bonchev–Trinajstić information content (AvgIpc) is 2.67. The number of ether oxygens (including phenoxy) is 1. The zero-order valence-corrected chi connectivity index (χ0v) is 18.1. The van der Waals surface area contributed by atoms with Gasteiger partial charge in [-0.05, 0) is 69.6 Å². The van der Waals surface area contributed by atoms with Crippen molar-refractivity contribution in [3.05, 3.63) is 29.8 Å². The summed E-state index contributed by atoms with van der Waals surface area (Å²) in [5, 5.41) is 3.12. The molecule has 0 heterocycles. The van der Waals surface area contributed by atoms with Crippen molar-refractivity contribution in [3.8, 4) is 0 Å². The topological polar surface area (TPSA) is 84.5 Å². The molecule has 0 radical (unpaired) electrons. The van der Waals surface area contributed by atoms with E-state index in [1.807, 2.05) is 31.2 Å². The van der Waals surface area contributed by atoms with E-state index in [4.69, 9.17) is 4.74 Å². The molecule has 0 spiro atoms. The highest BCUT2D eigenvalue weighted by atomic mass is 32.2. The summed E-state index contributed by atoms with van der Waals surface area (Å²) in [6.07, 6.45) is 4.68. The van der Waals surface area contributed by atoms with Gasteiger partial charge in [0.15, 0.2) is 0 Å². The Bertz CT molecular complexity index is 728. The standard InChI is InChI=1S/C21H34N2O4S/c1-4-16(3)28(25,26)23-19-11-9-17(10-12-19)15-22-20-8-6-7-18(13-20)14-21(24)27-5-2/h6-8,13,16-17,19,22-23H,4-5,9-12,14-15H2,1-3H3.